The van der Waals surface area contributed by atoms with Crippen LogP contribution in [-0.2, 0) is 20.1 Å². The monoisotopic (exact) mass is 721 g/mol. The van der Waals surface area contributed by atoms with E-state index in [9.17, 15) is 14.7 Å². The summed E-state index contributed by atoms with van der Waals surface area (Å²) in [6.45, 7) is 5.41. The molecule has 1 unspecified atom stereocenters. The van der Waals surface area contributed by atoms with E-state index in [1.54, 1.807) is 32.2 Å². The second-order valence-electron chi connectivity index (χ2n) is 14.1. The van der Waals surface area contributed by atoms with Crippen molar-refractivity contribution in [3.8, 4) is 28.5 Å². The van der Waals surface area contributed by atoms with Gasteiger partial charge in [0, 0.05) is 67.8 Å². The molecule has 0 aliphatic carbocycles. The van der Waals surface area contributed by atoms with Crippen molar-refractivity contribution in [1.29, 1.82) is 0 Å². The number of methoxy groups -OCH3 is 1. The molecule has 14 heteroatoms. The van der Waals surface area contributed by atoms with Crippen LogP contribution in [0, 0.1) is 0 Å². The van der Waals surface area contributed by atoms with Crippen molar-refractivity contribution in [3.63, 3.8) is 0 Å². The van der Waals surface area contributed by atoms with Gasteiger partial charge in [-0.2, -0.15) is 5.10 Å². The number of fused-ring (bicyclic) bond motifs is 1. The van der Waals surface area contributed by atoms with Crippen LogP contribution in [0.25, 0.3) is 39.1 Å². The molecule has 1 fully saturated rings. The van der Waals surface area contributed by atoms with Gasteiger partial charge in [0.1, 0.15) is 12.0 Å². The number of benzene rings is 2. The molecule has 0 bridgehead atoms. The Morgan fingerprint density at radius 1 is 1.08 bits per heavy atom. The van der Waals surface area contributed by atoms with Gasteiger partial charge in [0.2, 0.25) is 11.8 Å². The molecule has 0 spiro atoms. The molecular weight excluding hydrogens is 674 g/mol. The second kappa shape index (κ2) is 14.5. The third-order valence-electron chi connectivity index (χ3n) is 9.54. The number of aromatic nitrogens is 6. The predicted molar refractivity (Wildman–Crippen MR) is 201 cm³/mol. The van der Waals surface area contributed by atoms with Crippen LogP contribution in [0.2, 0.25) is 0 Å². The maximum absolute atomic E-state index is 13.8. The van der Waals surface area contributed by atoms with Gasteiger partial charge in [0.05, 0.1) is 20.9 Å². The van der Waals surface area contributed by atoms with Gasteiger partial charge >= 0.3 is 0 Å². The number of hydrogen-bond acceptors (Lipinski definition) is 10. The molecule has 2 aliphatic heterocycles. The minimum atomic E-state index is -2.36. The van der Waals surface area contributed by atoms with E-state index in [-0.39, 0.29) is 32.2 Å². The molecule has 7 rings (SSSR count). The maximum Gasteiger partial charge on any atom is 0.258 e. The van der Waals surface area contributed by atoms with Gasteiger partial charge < -0.3 is 24.8 Å². The Hall–Kier alpha value is -5.44. The summed E-state index contributed by atoms with van der Waals surface area (Å²) in [4.78, 5) is 39.1. The first-order chi connectivity index (χ1) is 26.2. The summed E-state index contributed by atoms with van der Waals surface area (Å²) in [7, 11) is 1.43. The summed E-state index contributed by atoms with van der Waals surface area (Å²) in [5.41, 5.74) is 3.05. The number of likely N-dealkylation sites (tertiary alicyclic amines) is 1. The molecule has 5 aromatic rings. The Kier molecular flexibility index (Phi) is 9.16. The van der Waals surface area contributed by atoms with E-state index in [1.165, 1.54) is 27.9 Å². The van der Waals surface area contributed by atoms with Crippen LogP contribution in [0.5, 0.6) is 5.88 Å². The molecule has 0 radical (unpaired) electrons. The number of aliphatic hydroxyl groups is 1. The largest absolute Gasteiger partial charge is 0.475 e. The standard InChI is InChI=1S/C39H45N9O5/c1-25(2)53-33-13-10-29(21-40-33)35-31-20-30(11-12-32(31)43-44-35)42-37(50)39(52-5)16-19-46(23-39)22-34(49)47-17-14-27(15-18-47)26-6-8-28(9-7-26)36-41-24-48(45-36)38(3,4)51/h6-14,20-21,24-25,51H,15-19,22-23H2,1-5H3,(H,42,50)(H,43,44)/i22D2. The number of nitrogens with zero attached hydrogens (tertiary/aromatic N) is 7. The summed E-state index contributed by atoms with van der Waals surface area (Å²) in [5, 5.41) is 25.8. The number of carbonyl (C=O) groups excluding carboxylic acids is 2. The van der Waals surface area contributed by atoms with Crippen molar-refractivity contribution >= 4 is 34.0 Å². The molecule has 3 aromatic heterocycles. The number of anilines is 1. The van der Waals surface area contributed by atoms with Gasteiger partial charge in [0.15, 0.2) is 17.2 Å². The van der Waals surface area contributed by atoms with Crippen molar-refractivity contribution in [2.45, 2.75) is 58.0 Å². The molecule has 2 amide bonds. The minimum Gasteiger partial charge on any atom is -0.475 e. The number of ether oxygens (including phenoxy) is 2. The van der Waals surface area contributed by atoms with Crippen LogP contribution < -0.4 is 10.1 Å². The summed E-state index contributed by atoms with van der Waals surface area (Å²) in [6, 6.07) is 16.8. The van der Waals surface area contributed by atoms with Gasteiger partial charge in [-0.1, -0.05) is 30.3 Å². The Labute approximate surface area is 310 Å². The fourth-order valence-corrected chi connectivity index (χ4v) is 6.52. The zero-order valence-electron chi connectivity index (χ0n) is 32.5. The summed E-state index contributed by atoms with van der Waals surface area (Å²) < 4.78 is 30.7. The maximum atomic E-state index is 13.8. The highest BCUT2D eigenvalue weighted by Crippen LogP contribution is 2.32. The topological polar surface area (TPSA) is 164 Å². The number of aromatic amines is 1. The SMILES string of the molecule is [2H]C([2H])(C(=O)N1CC=C(c2ccc(-c3ncn(C(C)(C)O)n3)cc2)CC1)N1CCC(OC)(C(=O)Nc2ccc3[nH]nc(-c4ccc(OC(C)C)nc4)c3c2)C1. The van der Waals surface area contributed by atoms with Crippen LogP contribution in [0.4, 0.5) is 5.69 Å². The van der Waals surface area contributed by atoms with E-state index in [0.717, 1.165) is 33.2 Å². The molecule has 1 saturated heterocycles. The number of carbonyl (C=O) groups is 2. The van der Waals surface area contributed by atoms with Crippen LogP contribution in [-0.4, -0.2) is 108 Å². The van der Waals surface area contributed by atoms with Crippen molar-refractivity contribution in [2.75, 3.05) is 45.1 Å². The first-order valence-electron chi connectivity index (χ1n) is 18.6. The molecule has 14 nitrogen and oxygen atoms in total. The van der Waals surface area contributed by atoms with E-state index < -0.39 is 29.6 Å². The van der Waals surface area contributed by atoms with E-state index in [2.05, 4.69) is 30.6 Å². The molecule has 2 aromatic carbocycles. The van der Waals surface area contributed by atoms with Crippen LogP contribution >= 0.6 is 0 Å². The molecule has 3 N–H and O–H groups in total. The third-order valence-corrected chi connectivity index (χ3v) is 9.54. The minimum absolute atomic E-state index is 0.000761. The van der Waals surface area contributed by atoms with Crippen LogP contribution in [0.15, 0.2) is 73.2 Å². The molecule has 2 aliphatic rings. The van der Waals surface area contributed by atoms with E-state index >= 15 is 0 Å². The lowest BCUT2D eigenvalue weighted by atomic mass is 9.98. The van der Waals surface area contributed by atoms with Gasteiger partial charge in [-0.05, 0) is 75.9 Å². The van der Waals surface area contributed by atoms with Crippen molar-refractivity contribution in [3.05, 3.63) is 78.8 Å². The quantitative estimate of drug-likeness (QED) is 0.174. The fourth-order valence-electron chi connectivity index (χ4n) is 6.52. The summed E-state index contributed by atoms with van der Waals surface area (Å²) >= 11 is 0. The van der Waals surface area contributed by atoms with Crippen molar-refractivity contribution in [1.82, 2.24) is 39.7 Å². The fraction of sp³-hybridized carbons (Fsp3) is 0.385. The van der Waals surface area contributed by atoms with Crippen LogP contribution in [0.3, 0.4) is 0 Å². The van der Waals surface area contributed by atoms with Gasteiger partial charge in [-0.25, -0.2) is 14.6 Å². The molecule has 53 heavy (non-hydrogen) atoms. The van der Waals surface area contributed by atoms with Crippen molar-refractivity contribution in [2.24, 2.45) is 0 Å². The Morgan fingerprint density at radius 2 is 1.85 bits per heavy atom. The zero-order valence-corrected chi connectivity index (χ0v) is 30.5. The predicted octanol–water partition coefficient (Wildman–Crippen LogP) is 4.70. The smallest absolute Gasteiger partial charge is 0.258 e. The summed E-state index contributed by atoms with van der Waals surface area (Å²) in [6.07, 6.45) is 5.88. The average molecular weight is 722 g/mol. The first kappa shape index (κ1) is 33.4. The molecule has 1 atom stereocenters. The average Bonchev–Trinajstić information content (AvgIpc) is 3.95. The molecular formula is C39H45N9O5. The third kappa shape index (κ3) is 7.70. The van der Waals surface area contributed by atoms with E-state index in [1.807, 2.05) is 62.4 Å². The highest BCUT2D eigenvalue weighted by molar-refractivity contribution is 6.01. The Bertz CT molecular complexity index is 2230. The molecule has 5 heterocycles. The Morgan fingerprint density at radius 3 is 2.51 bits per heavy atom. The lowest BCUT2D eigenvalue weighted by Gasteiger charge is -2.30. The number of amides is 2. The highest BCUT2D eigenvalue weighted by Gasteiger charge is 2.45. The number of pyridine rings is 1. The van der Waals surface area contributed by atoms with Crippen LogP contribution in [0.1, 0.15) is 48.8 Å². The number of nitrogens with one attached hydrogen (secondary N) is 2. The normalized spacial score (nSPS) is 18.9. The van der Waals surface area contributed by atoms with Crippen molar-refractivity contribution < 1.29 is 26.9 Å². The zero-order chi connectivity index (χ0) is 39.1. The number of hydrogen-bond donors (Lipinski definition) is 3. The van der Waals surface area contributed by atoms with E-state index in [4.69, 9.17) is 12.2 Å². The van der Waals surface area contributed by atoms with Gasteiger partial charge in [-0.3, -0.25) is 19.6 Å². The molecule has 276 valence electrons. The second-order valence-corrected chi connectivity index (χ2v) is 14.1. The first-order valence-corrected chi connectivity index (χ1v) is 17.6. The summed E-state index contributed by atoms with van der Waals surface area (Å²) in [5.74, 6) is -0.0720. The highest BCUT2D eigenvalue weighted by atomic mass is 16.5. The molecule has 0 saturated carbocycles. The van der Waals surface area contributed by atoms with E-state index in [0.29, 0.717) is 36.1 Å². The number of rotatable bonds is 11. The number of H-pyrrole nitrogens is 1. The lowest BCUT2D eigenvalue weighted by Crippen LogP contribution is -2.48. The Balaban J connectivity index is 0.987. The lowest BCUT2D eigenvalue weighted by molar-refractivity contribution is -0.138. The van der Waals surface area contributed by atoms with Gasteiger partial charge in [0.25, 0.3) is 5.91 Å². The van der Waals surface area contributed by atoms with Gasteiger partial charge in [-0.15, -0.1) is 5.10 Å².